The SMILES string of the molecule is CCNC(Cc1ncnn1C(C)C)c1ccn(C)n1. The molecular weight excluding hydrogens is 240 g/mol. The molecule has 1 atom stereocenters. The van der Waals surface area contributed by atoms with Gasteiger partial charge < -0.3 is 5.32 Å². The first kappa shape index (κ1) is 13.7. The van der Waals surface area contributed by atoms with E-state index in [2.05, 4.69) is 41.3 Å². The van der Waals surface area contributed by atoms with Gasteiger partial charge in [0.25, 0.3) is 0 Å². The van der Waals surface area contributed by atoms with E-state index in [0.29, 0.717) is 6.04 Å². The van der Waals surface area contributed by atoms with E-state index in [1.54, 1.807) is 6.33 Å². The average molecular weight is 262 g/mol. The van der Waals surface area contributed by atoms with Crippen molar-refractivity contribution in [3.8, 4) is 0 Å². The molecule has 0 bridgehead atoms. The Bertz CT molecular complexity index is 513. The smallest absolute Gasteiger partial charge is 0.138 e. The molecule has 0 aliphatic heterocycles. The fourth-order valence-corrected chi connectivity index (χ4v) is 2.18. The summed E-state index contributed by atoms with van der Waals surface area (Å²) in [6.45, 7) is 7.22. The third-order valence-corrected chi connectivity index (χ3v) is 3.06. The summed E-state index contributed by atoms with van der Waals surface area (Å²) >= 11 is 0. The second kappa shape index (κ2) is 5.97. The number of nitrogens with zero attached hydrogens (tertiary/aromatic N) is 5. The van der Waals surface area contributed by atoms with Crippen LogP contribution in [0.2, 0.25) is 0 Å². The van der Waals surface area contributed by atoms with Crippen LogP contribution in [-0.2, 0) is 13.5 Å². The predicted octanol–water partition coefficient (Wildman–Crippen LogP) is 1.49. The Hall–Kier alpha value is -1.69. The quantitative estimate of drug-likeness (QED) is 0.856. The summed E-state index contributed by atoms with van der Waals surface area (Å²) in [5, 5.41) is 12.2. The van der Waals surface area contributed by atoms with Gasteiger partial charge in [-0.1, -0.05) is 6.92 Å². The molecule has 0 spiro atoms. The van der Waals surface area contributed by atoms with Crippen LogP contribution in [0.4, 0.5) is 0 Å². The zero-order chi connectivity index (χ0) is 13.8. The molecule has 0 amide bonds. The number of hydrogen-bond donors (Lipinski definition) is 1. The first-order chi connectivity index (χ1) is 9.11. The summed E-state index contributed by atoms with van der Waals surface area (Å²) in [6.07, 6.45) is 4.38. The minimum atomic E-state index is 0.174. The van der Waals surface area contributed by atoms with Crippen molar-refractivity contribution in [2.75, 3.05) is 6.54 Å². The number of nitrogens with one attached hydrogen (secondary N) is 1. The summed E-state index contributed by atoms with van der Waals surface area (Å²) < 4.78 is 3.79. The van der Waals surface area contributed by atoms with Crippen LogP contribution < -0.4 is 5.32 Å². The Balaban J connectivity index is 2.19. The number of aromatic nitrogens is 5. The largest absolute Gasteiger partial charge is 0.308 e. The molecular formula is C13H22N6. The minimum Gasteiger partial charge on any atom is -0.308 e. The van der Waals surface area contributed by atoms with Crippen LogP contribution >= 0.6 is 0 Å². The molecule has 0 aromatic carbocycles. The molecule has 0 fully saturated rings. The molecule has 1 N–H and O–H groups in total. The van der Waals surface area contributed by atoms with Crippen LogP contribution in [0.5, 0.6) is 0 Å². The summed E-state index contributed by atoms with van der Waals surface area (Å²) in [6, 6.07) is 2.54. The summed E-state index contributed by atoms with van der Waals surface area (Å²) in [7, 11) is 1.93. The molecule has 2 aromatic rings. The number of aryl methyl sites for hydroxylation is 1. The average Bonchev–Trinajstić information content (AvgIpc) is 2.97. The Kier molecular flexibility index (Phi) is 4.31. The van der Waals surface area contributed by atoms with Crippen LogP contribution in [0.3, 0.4) is 0 Å². The molecule has 104 valence electrons. The fraction of sp³-hybridized carbons (Fsp3) is 0.615. The molecule has 0 saturated carbocycles. The van der Waals surface area contributed by atoms with Crippen LogP contribution in [0.1, 0.15) is 44.4 Å². The van der Waals surface area contributed by atoms with Gasteiger partial charge in [-0.05, 0) is 26.5 Å². The maximum atomic E-state index is 4.48. The van der Waals surface area contributed by atoms with Crippen molar-refractivity contribution in [3.05, 3.63) is 30.1 Å². The molecule has 2 aromatic heterocycles. The van der Waals surface area contributed by atoms with Crippen molar-refractivity contribution in [1.29, 1.82) is 0 Å². The third-order valence-electron chi connectivity index (χ3n) is 3.06. The fourth-order valence-electron chi connectivity index (χ4n) is 2.18. The molecule has 0 saturated heterocycles. The monoisotopic (exact) mass is 262 g/mol. The number of likely N-dealkylation sites (N-methyl/N-ethyl adjacent to an activating group) is 1. The van der Waals surface area contributed by atoms with E-state index < -0.39 is 0 Å². The Morgan fingerprint density at radius 1 is 1.37 bits per heavy atom. The molecule has 0 radical (unpaired) electrons. The Morgan fingerprint density at radius 2 is 2.16 bits per heavy atom. The van der Waals surface area contributed by atoms with E-state index in [-0.39, 0.29) is 6.04 Å². The van der Waals surface area contributed by atoms with Gasteiger partial charge in [0.2, 0.25) is 0 Å². The predicted molar refractivity (Wildman–Crippen MR) is 73.7 cm³/mol. The van der Waals surface area contributed by atoms with Gasteiger partial charge >= 0.3 is 0 Å². The van der Waals surface area contributed by atoms with E-state index in [1.807, 2.05) is 28.7 Å². The van der Waals surface area contributed by atoms with Crippen molar-refractivity contribution in [3.63, 3.8) is 0 Å². The molecule has 19 heavy (non-hydrogen) atoms. The summed E-state index contributed by atoms with van der Waals surface area (Å²) in [5.74, 6) is 0.992. The van der Waals surface area contributed by atoms with Gasteiger partial charge in [-0.3, -0.25) is 4.68 Å². The first-order valence-corrected chi connectivity index (χ1v) is 6.73. The zero-order valence-electron chi connectivity index (χ0n) is 12.0. The lowest BCUT2D eigenvalue weighted by Crippen LogP contribution is -2.25. The number of rotatable bonds is 6. The van der Waals surface area contributed by atoms with E-state index in [0.717, 1.165) is 24.5 Å². The van der Waals surface area contributed by atoms with Crippen molar-refractivity contribution in [2.45, 2.75) is 39.3 Å². The van der Waals surface area contributed by atoms with E-state index >= 15 is 0 Å². The molecule has 2 rings (SSSR count). The normalized spacial score (nSPS) is 13.1. The highest BCUT2D eigenvalue weighted by molar-refractivity contribution is 5.08. The maximum absolute atomic E-state index is 4.48. The van der Waals surface area contributed by atoms with E-state index in [1.165, 1.54) is 0 Å². The van der Waals surface area contributed by atoms with Crippen LogP contribution in [0.25, 0.3) is 0 Å². The van der Waals surface area contributed by atoms with Gasteiger partial charge in [-0.25, -0.2) is 9.67 Å². The van der Waals surface area contributed by atoms with Crippen LogP contribution in [0.15, 0.2) is 18.6 Å². The van der Waals surface area contributed by atoms with Gasteiger partial charge in [0.1, 0.15) is 12.2 Å². The van der Waals surface area contributed by atoms with Crippen molar-refractivity contribution < 1.29 is 0 Å². The van der Waals surface area contributed by atoms with Crippen LogP contribution in [0, 0.1) is 0 Å². The third kappa shape index (κ3) is 3.20. The van der Waals surface area contributed by atoms with Crippen molar-refractivity contribution in [2.24, 2.45) is 7.05 Å². The van der Waals surface area contributed by atoms with E-state index in [9.17, 15) is 0 Å². The maximum Gasteiger partial charge on any atom is 0.138 e. The lowest BCUT2D eigenvalue weighted by Gasteiger charge is -2.17. The second-order valence-electron chi connectivity index (χ2n) is 4.94. The van der Waals surface area contributed by atoms with Crippen molar-refractivity contribution >= 4 is 0 Å². The Morgan fingerprint density at radius 3 is 2.74 bits per heavy atom. The van der Waals surface area contributed by atoms with Gasteiger partial charge in [-0.2, -0.15) is 10.2 Å². The summed E-state index contributed by atoms with van der Waals surface area (Å²) in [4.78, 5) is 4.37. The lowest BCUT2D eigenvalue weighted by atomic mass is 10.1. The van der Waals surface area contributed by atoms with E-state index in [4.69, 9.17) is 0 Å². The standard InChI is InChI=1S/C13H22N6/c1-5-14-12(11-6-7-18(4)17-11)8-13-15-9-16-19(13)10(2)3/h6-7,9-10,12,14H,5,8H2,1-4H3. The minimum absolute atomic E-state index is 0.174. The molecule has 1 unspecified atom stereocenters. The molecule has 6 nitrogen and oxygen atoms in total. The van der Waals surface area contributed by atoms with Gasteiger partial charge in [0.15, 0.2) is 0 Å². The molecule has 0 aliphatic carbocycles. The number of hydrogen-bond acceptors (Lipinski definition) is 4. The molecule has 6 heteroatoms. The first-order valence-electron chi connectivity index (χ1n) is 6.73. The van der Waals surface area contributed by atoms with Crippen LogP contribution in [-0.4, -0.2) is 31.1 Å². The van der Waals surface area contributed by atoms with Gasteiger partial charge in [-0.15, -0.1) is 0 Å². The molecule has 2 heterocycles. The summed E-state index contributed by atoms with van der Waals surface area (Å²) in [5.41, 5.74) is 1.04. The Labute approximate surface area is 113 Å². The highest BCUT2D eigenvalue weighted by Gasteiger charge is 2.18. The second-order valence-corrected chi connectivity index (χ2v) is 4.94. The zero-order valence-corrected chi connectivity index (χ0v) is 12.0. The highest BCUT2D eigenvalue weighted by Crippen LogP contribution is 2.17. The van der Waals surface area contributed by atoms with Crippen molar-refractivity contribution in [1.82, 2.24) is 29.9 Å². The van der Waals surface area contributed by atoms with Gasteiger partial charge in [0.05, 0.1) is 11.7 Å². The highest BCUT2D eigenvalue weighted by atomic mass is 15.3. The lowest BCUT2D eigenvalue weighted by molar-refractivity contribution is 0.461. The molecule has 0 aliphatic rings. The van der Waals surface area contributed by atoms with Gasteiger partial charge in [0, 0.05) is 25.7 Å². The topological polar surface area (TPSA) is 60.6 Å².